The molecule has 0 aromatic heterocycles. The molecule has 0 bridgehead atoms. The minimum absolute atomic E-state index is 0.371. The molecule has 16 heavy (non-hydrogen) atoms. The van der Waals surface area contributed by atoms with Gasteiger partial charge in [0, 0.05) is 14.2 Å². The normalized spacial score (nSPS) is 14.7. The number of rotatable bonds is 7. The van der Waals surface area contributed by atoms with Crippen LogP contribution in [0.15, 0.2) is 30.3 Å². The van der Waals surface area contributed by atoms with Gasteiger partial charge in [0.05, 0.1) is 19.8 Å². The first kappa shape index (κ1) is 13.2. The molecule has 0 aliphatic rings. The molecule has 0 spiro atoms. The van der Waals surface area contributed by atoms with Crippen LogP contribution in [0, 0.1) is 0 Å². The van der Waals surface area contributed by atoms with Crippen molar-refractivity contribution >= 4 is 0 Å². The molecule has 3 nitrogen and oxygen atoms in total. The largest absolute Gasteiger partial charge is 0.382 e. The van der Waals surface area contributed by atoms with Crippen LogP contribution in [0.4, 0.5) is 0 Å². The molecule has 0 amide bonds. The Bertz CT molecular complexity index is 286. The Hall–Kier alpha value is -0.900. The van der Waals surface area contributed by atoms with Gasteiger partial charge < -0.3 is 14.2 Å². The third-order valence-corrected chi connectivity index (χ3v) is 2.46. The summed E-state index contributed by atoms with van der Waals surface area (Å²) in [5.41, 5.74) is 0.794. The van der Waals surface area contributed by atoms with Gasteiger partial charge in [-0.25, -0.2) is 0 Å². The molecule has 0 heterocycles. The van der Waals surface area contributed by atoms with Crippen LogP contribution < -0.4 is 0 Å². The van der Waals surface area contributed by atoms with Crippen LogP contribution in [0.5, 0.6) is 0 Å². The SMILES string of the molecule is COCC(C)(COCc1ccccc1)OC. The Morgan fingerprint density at radius 1 is 1.06 bits per heavy atom. The summed E-state index contributed by atoms with van der Waals surface area (Å²) in [7, 11) is 3.33. The fraction of sp³-hybridized carbons (Fsp3) is 0.538. The molecule has 3 heteroatoms. The first-order valence-corrected chi connectivity index (χ1v) is 5.36. The van der Waals surface area contributed by atoms with Crippen LogP contribution in [0.2, 0.25) is 0 Å². The molecular weight excluding hydrogens is 204 g/mol. The number of benzene rings is 1. The maximum Gasteiger partial charge on any atom is 0.111 e. The standard InChI is InChI=1S/C13H20O3/c1-13(15-3,10-14-2)11-16-9-12-7-5-4-6-8-12/h4-8H,9-11H2,1-3H3. The third kappa shape index (κ3) is 4.31. The highest BCUT2D eigenvalue weighted by molar-refractivity contribution is 5.13. The zero-order valence-electron chi connectivity index (χ0n) is 10.2. The van der Waals surface area contributed by atoms with Crippen molar-refractivity contribution in [3.63, 3.8) is 0 Å². The molecule has 1 aromatic carbocycles. The molecule has 90 valence electrons. The highest BCUT2D eigenvalue weighted by Gasteiger charge is 2.23. The molecule has 1 rings (SSSR count). The van der Waals surface area contributed by atoms with Crippen LogP contribution in [0.3, 0.4) is 0 Å². The van der Waals surface area contributed by atoms with Crippen molar-refractivity contribution in [3.8, 4) is 0 Å². The van der Waals surface area contributed by atoms with E-state index in [0.717, 1.165) is 0 Å². The lowest BCUT2D eigenvalue weighted by Gasteiger charge is -2.26. The van der Waals surface area contributed by atoms with Gasteiger partial charge in [-0.3, -0.25) is 0 Å². The second kappa shape index (κ2) is 6.63. The summed E-state index contributed by atoms with van der Waals surface area (Å²) < 4.78 is 16.1. The monoisotopic (exact) mass is 224 g/mol. The summed E-state index contributed by atoms with van der Waals surface area (Å²) in [6, 6.07) is 10.1. The molecule has 1 unspecified atom stereocenters. The average molecular weight is 224 g/mol. The highest BCUT2D eigenvalue weighted by atomic mass is 16.6. The number of ether oxygens (including phenoxy) is 3. The van der Waals surface area contributed by atoms with Gasteiger partial charge in [-0.2, -0.15) is 0 Å². The zero-order chi connectivity index (χ0) is 11.9. The Morgan fingerprint density at radius 2 is 1.75 bits per heavy atom. The summed E-state index contributed by atoms with van der Waals surface area (Å²) in [6.45, 7) is 3.62. The van der Waals surface area contributed by atoms with Crippen molar-refractivity contribution in [1.82, 2.24) is 0 Å². The van der Waals surface area contributed by atoms with Gasteiger partial charge in [-0.1, -0.05) is 30.3 Å². The van der Waals surface area contributed by atoms with Gasteiger partial charge in [-0.15, -0.1) is 0 Å². The fourth-order valence-corrected chi connectivity index (χ4v) is 1.42. The van der Waals surface area contributed by atoms with E-state index in [9.17, 15) is 0 Å². The van der Waals surface area contributed by atoms with Crippen LogP contribution in [-0.4, -0.2) is 33.0 Å². The smallest absolute Gasteiger partial charge is 0.111 e. The first-order chi connectivity index (χ1) is 7.70. The van der Waals surface area contributed by atoms with E-state index in [1.807, 2.05) is 37.3 Å². The van der Waals surface area contributed by atoms with Crippen molar-refractivity contribution in [3.05, 3.63) is 35.9 Å². The van der Waals surface area contributed by atoms with Crippen LogP contribution in [0.1, 0.15) is 12.5 Å². The lowest BCUT2D eigenvalue weighted by atomic mass is 10.1. The third-order valence-electron chi connectivity index (χ3n) is 2.46. The summed E-state index contributed by atoms with van der Waals surface area (Å²) >= 11 is 0. The molecule has 0 aliphatic heterocycles. The molecular formula is C13H20O3. The average Bonchev–Trinajstić information content (AvgIpc) is 2.31. The van der Waals surface area contributed by atoms with Crippen LogP contribution in [0.25, 0.3) is 0 Å². The molecule has 0 saturated heterocycles. The van der Waals surface area contributed by atoms with E-state index in [1.54, 1.807) is 14.2 Å². The first-order valence-electron chi connectivity index (χ1n) is 5.36. The van der Waals surface area contributed by atoms with E-state index in [1.165, 1.54) is 5.56 Å². The summed E-state index contributed by atoms with van der Waals surface area (Å²) in [5.74, 6) is 0. The van der Waals surface area contributed by atoms with E-state index in [2.05, 4.69) is 0 Å². The number of hydrogen-bond donors (Lipinski definition) is 0. The zero-order valence-corrected chi connectivity index (χ0v) is 10.2. The van der Waals surface area contributed by atoms with Crippen molar-refractivity contribution in [2.24, 2.45) is 0 Å². The second-order valence-electron chi connectivity index (χ2n) is 4.07. The maximum absolute atomic E-state index is 5.62. The van der Waals surface area contributed by atoms with E-state index in [0.29, 0.717) is 19.8 Å². The van der Waals surface area contributed by atoms with E-state index in [4.69, 9.17) is 14.2 Å². The molecule has 1 aromatic rings. The predicted molar refractivity (Wildman–Crippen MR) is 63.4 cm³/mol. The van der Waals surface area contributed by atoms with Gasteiger partial charge in [0.25, 0.3) is 0 Å². The highest BCUT2D eigenvalue weighted by Crippen LogP contribution is 2.11. The Morgan fingerprint density at radius 3 is 2.31 bits per heavy atom. The number of hydrogen-bond acceptors (Lipinski definition) is 3. The summed E-state index contributed by atoms with van der Waals surface area (Å²) in [5, 5.41) is 0. The van der Waals surface area contributed by atoms with E-state index >= 15 is 0 Å². The lowest BCUT2D eigenvalue weighted by Crippen LogP contribution is -2.38. The molecule has 0 fully saturated rings. The Balaban J connectivity index is 2.34. The molecule has 0 aliphatic carbocycles. The maximum atomic E-state index is 5.62. The second-order valence-corrected chi connectivity index (χ2v) is 4.07. The lowest BCUT2D eigenvalue weighted by molar-refractivity contribution is -0.102. The van der Waals surface area contributed by atoms with Crippen LogP contribution in [-0.2, 0) is 20.8 Å². The predicted octanol–water partition coefficient (Wildman–Crippen LogP) is 2.25. The van der Waals surface area contributed by atoms with Gasteiger partial charge in [0.1, 0.15) is 5.60 Å². The van der Waals surface area contributed by atoms with Gasteiger partial charge in [-0.05, 0) is 12.5 Å². The van der Waals surface area contributed by atoms with Crippen molar-refractivity contribution in [2.75, 3.05) is 27.4 Å². The summed E-state index contributed by atoms with van der Waals surface area (Å²) in [6.07, 6.45) is 0. The Labute approximate surface area is 97.3 Å². The van der Waals surface area contributed by atoms with Crippen LogP contribution >= 0.6 is 0 Å². The molecule has 0 saturated carbocycles. The van der Waals surface area contributed by atoms with Gasteiger partial charge in [0.15, 0.2) is 0 Å². The van der Waals surface area contributed by atoms with Gasteiger partial charge >= 0.3 is 0 Å². The van der Waals surface area contributed by atoms with E-state index < -0.39 is 0 Å². The van der Waals surface area contributed by atoms with Crippen molar-refractivity contribution in [1.29, 1.82) is 0 Å². The molecule has 0 N–H and O–H groups in total. The van der Waals surface area contributed by atoms with E-state index in [-0.39, 0.29) is 5.60 Å². The van der Waals surface area contributed by atoms with Crippen molar-refractivity contribution in [2.45, 2.75) is 19.1 Å². The molecule has 1 atom stereocenters. The Kier molecular flexibility index (Phi) is 5.46. The quantitative estimate of drug-likeness (QED) is 0.711. The minimum Gasteiger partial charge on any atom is -0.382 e. The van der Waals surface area contributed by atoms with Crippen molar-refractivity contribution < 1.29 is 14.2 Å². The minimum atomic E-state index is -0.371. The fourth-order valence-electron chi connectivity index (χ4n) is 1.42. The number of methoxy groups -OCH3 is 2. The molecule has 0 radical (unpaired) electrons. The van der Waals surface area contributed by atoms with Gasteiger partial charge in [0.2, 0.25) is 0 Å². The topological polar surface area (TPSA) is 27.7 Å². The summed E-state index contributed by atoms with van der Waals surface area (Å²) in [4.78, 5) is 0.